The Morgan fingerprint density at radius 3 is 2.00 bits per heavy atom. The van der Waals surface area contributed by atoms with Crippen LogP contribution in [0.3, 0.4) is 0 Å². The zero-order valence-corrected chi connectivity index (χ0v) is 15.0. The number of nitrogens with zero attached hydrogens (tertiary/aromatic N) is 1. The second-order valence-electron chi connectivity index (χ2n) is 8.26. The van der Waals surface area contributed by atoms with Gasteiger partial charge in [-0.1, -0.05) is 68.7 Å². The topological polar surface area (TPSA) is 28.7 Å². The zero-order chi connectivity index (χ0) is 15.7. The lowest BCUT2D eigenvalue weighted by Gasteiger charge is -2.22. The summed E-state index contributed by atoms with van der Waals surface area (Å²) in [6.07, 6.45) is 2.35. The van der Waals surface area contributed by atoms with Gasteiger partial charge in [0.25, 0.3) is 0 Å². The maximum Gasteiger partial charge on any atom is 0.112 e. The standard InChI is InChI=1S/C18H34N2/c1-10-11-18(8,9)16-19-14(13(4)12(2)3)15(20-16)17(5,6)7/h12-13H,10-11H2,1-9H3,(H,19,20). The molecule has 20 heavy (non-hydrogen) atoms. The lowest BCUT2D eigenvalue weighted by atomic mass is 9.84. The van der Waals surface area contributed by atoms with E-state index in [9.17, 15) is 0 Å². The first-order valence-corrected chi connectivity index (χ1v) is 8.11. The third kappa shape index (κ3) is 3.65. The van der Waals surface area contributed by atoms with Crippen LogP contribution in [-0.2, 0) is 10.8 Å². The van der Waals surface area contributed by atoms with Crippen molar-refractivity contribution in [1.29, 1.82) is 0 Å². The Labute approximate surface area is 125 Å². The minimum atomic E-state index is 0.0928. The van der Waals surface area contributed by atoms with E-state index < -0.39 is 0 Å². The molecule has 1 aromatic rings. The molecule has 0 saturated carbocycles. The van der Waals surface area contributed by atoms with Gasteiger partial charge >= 0.3 is 0 Å². The highest BCUT2D eigenvalue weighted by Gasteiger charge is 2.31. The number of aromatic nitrogens is 2. The molecule has 1 rings (SSSR count). The average molecular weight is 278 g/mol. The summed E-state index contributed by atoms with van der Waals surface area (Å²) in [5, 5.41) is 0. The largest absolute Gasteiger partial charge is 0.345 e. The predicted molar refractivity (Wildman–Crippen MR) is 88.5 cm³/mol. The van der Waals surface area contributed by atoms with Crippen LogP contribution in [0.5, 0.6) is 0 Å². The van der Waals surface area contributed by atoms with Crippen molar-refractivity contribution in [2.24, 2.45) is 5.92 Å². The first-order valence-electron chi connectivity index (χ1n) is 8.11. The predicted octanol–water partition coefficient (Wildman–Crippen LogP) is 5.54. The van der Waals surface area contributed by atoms with E-state index in [0.717, 1.165) is 5.82 Å². The Hall–Kier alpha value is -0.790. The molecule has 0 fully saturated rings. The lowest BCUT2D eigenvalue weighted by molar-refractivity contribution is 0.444. The second-order valence-corrected chi connectivity index (χ2v) is 8.26. The van der Waals surface area contributed by atoms with Gasteiger partial charge in [-0.05, 0) is 12.3 Å². The van der Waals surface area contributed by atoms with Crippen molar-refractivity contribution < 1.29 is 0 Å². The SMILES string of the molecule is CCCC(C)(C)c1nc(C(C)(C)C)c(C(C)C(C)C)[nH]1. The Bertz CT molecular complexity index is 433. The Morgan fingerprint density at radius 2 is 1.60 bits per heavy atom. The Kier molecular flexibility index (Phi) is 5.10. The molecule has 2 heteroatoms. The van der Waals surface area contributed by atoms with Gasteiger partial charge < -0.3 is 4.98 Å². The first kappa shape index (κ1) is 17.3. The van der Waals surface area contributed by atoms with Crippen molar-refractivity contribution in [2.45, 2.75) is 91.9 Å². The molecule has 1 unspecified atom stereocenters. The molecular formula is C18H34N2. The van der Waals surface area contributed by atoms with Crippen molar-refractivity contribution in [3.8, 4) is 0 Å². The highest BCUT2D eigenvalue weighted by atomic mass is 15.0. The Balaban J connectivity index is 3.33. The van der Waals surface area contributed by atoms with Crippen molar-refractivity contribution >= 4 is 0 Å². The molecular weight excluding hydrogens is 244 g/mol. The molecule has 0 aliphatic heterocycles. The number of hydrogen-bond acceptors (Lipinski definition) is 1. The summed E-state index contributed by atoms with van der Waals surface area (Å²) in [7, 11) is 0. The fourth-order valence-electron chi connectivity index (χ4n) is 2.69. The zero-order valence-electron chi connectivity index (χ0n) is 15.0. The van der Waals surface area contributed by atoms with Gasteiger partial charge in [-0.3, -0.25) is 0 Å². The van der Waals surface area contributed by atoms with Gasteiger partial charge in [0.15, 0.2) is 0 Å². The van der Waals surface area contributed by atoms with E-state index in [2.05, 4.69) is 67.3 Å². The number of rotatable bonds is 5. The second kappa shape index (κ2) is 5.91. The van der Waals surface area contributed by atoms with Gasteiger partial charge in [0.2, 0.25) is 0 Å². The van der Waals surface area contributed by atoms with E-state index in [0.29, 0.717) is 11.8 Å². The molecule has 2 nitrogen and oxygen atoms in total. The van der Waals surface area contributed by atoms with Gasteiger partial charge in [0, 0.05) is 22.4 Å². The minimum absolute atomic E-state index is 0.0928. The number of H-pyrrole nitrogens is 1. The molecule has 1 N–H and O–H groups in total. The summed E-state index contributed by atoms with van der Waals surface area (Å²) >= 11 is 0. The first-order chi connectivity index (χ1) is 9.00. The van der Waals surface area contributed by atoms with E-state index in [1.165, 1.54) is 24.2 Å². The van der Waals surface area contributed by atoms with E-state index in [1.54, 1.807) is 0 Å². The minimum Gasteiger partial charge on any atom is -0.345 e. The summed E-state index contributed by atoms with van der Waals surface area (Å²) in [5.74, 6) is 2.30. The molecule has 0 saturated heterocycles. The lowest BCUT2D eigenvalue weighted by Crippen LogP contribution is -2.19. The van der Waals surface area contributed by atoms with Crippen LogP contribution >= 0.6 is 0 Å². The Morgan fingerprint density at radius 1 is 1.05 bits per heavy atom. The van der Waals surface area contributed by atoms with Gasteiger partial charge in [0.05, 0.1) is 5.69 Å². The van der Waals surface area contributed by atoms with Crippen molar-refractivity contribution in [3.05, 3.63) is 17.2 Å². The number of nitrogens with one attached hydrogen (secondary N) is 1. The van der Waals surface area contributed by atoms with Crippen LogP contribution in [0.25, 0.3) is 0 Å². The fourth-order valence-corrected chi connectivity index (χ4v) is 2.69. The van der Waals surface area contributed by atoms with Crippen LogP contribution in [0.15, 0.2) is 0 Å². The van der Waals surface area contributed by atoms with Crippen molar-refractivity contribution in [2.75, 3.05) is 0 Å². The van der Waals surface area contributed by atoms with Crippen LogP contribution in [0.1, 0.15) is 98.3 Å². The van der Waals surface area contributed by atoms with Crippen LogP contribution in [-0.4, -0.2) is 9.97 Å². The summed E-state index contributed by atoms with van der Waals surface area (Å²) in [6, 6.07) is 0. The highest BCUT2D eigenvalue weighted by Crippen LogP contribution is 2.35. The molecule has 116 valence electrons. The third-order valence-electron chi connectivity index (χ3n) is 4.41. The summed E-state index contributed by atoms with van der Waals surface area (Å²) in [5.41, 5.74) is 2.81. The molecule has 0 aliphatic rings. The summed E-state index contributed by atoms with van der Waals surface area (Å²) in [4.78, 5) is 8.70. The van der Waals surface area contributed by atoms with Crippen LogP contribution in [0, 0.1) is 5.92 Å². The number of hydrogen-bond donors (Lipinski definition) is 1. The molecule has 1 atom stereocenters. The maximum atomic E-state index is 5.02. The summed E-state index contributed by atoms with van der Waals surface area (Å²) < 4.78 is 0. The van der Waals surface area contributed by atoms with Gasteiger partial charge in [-0.15, -0.1) is 0 Å². The molecule has 0 radical (unpaired) electrons. The van der Waals surface area contributed by atoms with Crippen molar-refractivity contribution in [1.82, 2.24) is 9.97 Å². The normalized spacial score (nSPS) is 14.9. The molecule has 1 aromatic heterocycles. The smallest absolute Gasteiger partial charge is 0.112 e. The molecule has 0 spiro atoms. The van der Waals surface area contributed by atoms with E-state index in [-0.39, 0.29) is 10.8 Å². The maximum absolute atomic E-state index is 5.02. The average Bonchev–Trinajstić information content (AvgIpc) is 2.72. The molecule has 0 aromatic carbocycles. The van der Waals surface area contributed by atoms with E-state index in [4.69, 9.17) is 4.98 Å². The summed E-state index contributed by atoms with van der Waals surface area (Å²) in [6.45, 7) is 20.5. The van der Waals surface area contributed by atoms with E-state index in [1.807, 2.05) is 0 Å². The van der Waals surface area contributed by atoms with Gasteiger partial charge in [0.1, 0.15) is 5.82 Å². The molecule has 0 amide bonds. The number of imidazole rings is 1. The van der Waals surface area contributed by atoms with E-state index >= 15 is 0 Å². The highest BCUT2D eigenvalue weighted by molar-refractivity contribution is 5.28. The molecule has 1 heterocycles. The third-order valence-corrected chi connectivity index (χ3v) is 4.41. The van der Waals surface area contributed by atoms with Crippen molar-refractivity contribution in [3.63, 3.8) is 0 Å². The molecule has 0 bridgehead atoms. The number of aromatic amines is 1. The quantitative estimate of drug-likeness (QED) is 0.752. The van der Waals surface area contributed by atoms with Gasteiger partial charge in [-0.25, -0.2) is 4.98 Å². The van der Waals surface area contributed by atoms with Crippen LogP contribution in [0.2, 0.25) is 0 Å². The molecule has 0 aliphatic carbocycles. The van der Waals surface area contributed by atoms with Crippen LogP contribution in [0.4, 0.5) is 0 Å². The monoisotopic (exact) mass is 278 g/mol. The van der Waals surface area contributed by atoms with Gasteiger partial charge in [-0.2, -0.15) is 0 Å². The van der Waals surface area contributed by atoms with Crippen LogP contribution < -0.4 is 0 Å². The fraction of sp³-hybridized carbons (Fsp3) is 0.833.